The molecule has 1 fully saturated rings. The second-order valence-corrected chi connectivity index (χ2v) is 7.35. The standard InChI is InChI=1S/C21H24N4O2/c1-15(26)24-10-5-8-17(13-24)20-22-12-18-14-25(11-9-19(18)23-20)21(27)16-6-3-2-4-7-16/h2-4,6-7,12,17H,5,8-11,13-14H2,1H3. The van der Waals surface area contributed by atoms with E-state index < -0.39 is 0 Å². The van der Waals surface area contributed by atoms with Gasteiger partial charge in [-0.25, -0.2) is 9.97 Å². The highest BCUT2D eigenvalue weighted by molar-refractivity contribution is 5.94. The Labute approximate surface area is 159 Å². The van der Waals surface area contributed by atoms with Crippen LogP contribution in [0.25, 0.3) is 0 Å². The van der Waals surface area contributed by atoms with Gasteiger partial charge in [-0.1, -0.05) is 18.2 Å². The average molecular weight is 364 g/mol. The van der Waals surface area contributed by atoms with Gasteiger partial charge in [0.25, 0.3) is 5.91 Å². The molecular weight excluding hydrogens is 340 g/mol. The van der Waals surface area contributed by atoms with Crippen molar-refractivity contribution in [3.05, 3.63) is 59.2 Å². The molecule has 0 radical (unpaired) electrons. The van der Waals surface area contributed by atoms with Crippen LogP contribution in [0.2, 0.25) is 0 Å². The summed E-state index contributed by atoms with van der Waals surface area (Å²) in [4.78, 5) is 37.5. The van der Waals surface area contributed by atoms with Crippen LogP contribution in [0.3, 0.4) is 0 Å². The number of carbonyl (C=O) groups excluding carboxylic acids is 2. The van der Waals surface area contributed by atoms with Gasteiger partial charge in [-0.2, -0.15) is 0 Å². The number of benzene rings is 1. The summed E-state index contributed by atoms with van der Waals surface area (Å²) in [6.45, 7) is 4.36. The molecule has 2 aromatic rings. The van der Waals surface area contributed by atoms with E-state index in [1.54, 1.807) is 6.92 Å². The van der Waals surface area contributed by atoms with Crippen LogP contribution in [-0.2, 0) is 17.8 Å². The maximum absolute atomic E-state index is 12.7. The summed E-state index contributed by atoms with van der Waals surface area (Å²) in [5, 5.41) is 0. The molecule has 2 aliphatic heterocycles. The maximum Gasteiger partial charge on any atom is 0.254 e. The first kappa shape index (κ1) is 17.6. The van der Waals surface area contributed by atoms with E-state index in [0.29, 0.717) is 25.2 Å². The van der Waals surface area contributed by atoms with Gasteiger partial charge in [0.1, 0.15) is 5.82 Å². The number of carbonyl (C=O) groups is 2. The fraction of sp³-hybridized carbons (Fsp3) is 0.429. The Morgan fingerprint density at radius 3 is 2.70 bits per heavy atom. The van der Waals surface area contributed by atoms with Crippen LogP contribution in [0.5, 0.6) is 0 Å². The van der Waals surface area contributed by atoms with Crippen LogP contribution in [0.4, 0.5) is 0 Å². The highest BCUT2D eigenvalue weighted by Gasteiger charge is 2.27. The van der Waals surface area contributed by atoms with Crippen LogP contribution in [0, 0.1) is 0 Å². The summed E-state index contributed by atoms with van der Waals surface area (Å²) in [6, 6.07) is 9.38. The Morgan fingerprint density at radius 1 is 1.11 bits per heavy atom. The fourth-order valence-corrected chi connectivity index (χ4v) is 3.94. The van der Waals surface area contributed by atoms with Crippen molar-refractivity contribution in [2.75, 3.05) is 19.6 Å². The molecule has 0 saturated carbocycles. The molecule has 2 aliphatic rings. The molecule has 4 rings (SSSR count). The van der Waals surface area contributed by atoms with Gasteiger partial charge in [0.05, 0.1) is 5.69 Å². The molecular formula is C21H24N4O2. The van der Waals surface area contributed by atoms with Gasteiger partial charge >= 0.3 is 0 Å². The van der Waals surface area contributed by atoms with E-state index in [1.807, 2.05) is 46.3 Å². The molecule has 2 amide bonds. The lowest BCUT2D eigenvalue weighted by molar-refractivity contribution is -0.130. The van der Waals surface area contributed by atoms with E-state index in [1.165, 1.54) is 0 Å². The Hall–Kier alpha value is -2.76. The minimum absolute atomic E-state index is 0.0507. The van der Waals surface area contributed by atoms with Crippen molar-refractivity contribution in [2.45, 2.75) is 38.6 Å². The lowest BCUT2D eigenvalue weighted by Crippen LogP contribution is -2.39. The molecule has 0 bridgehead atoms. The van der Waals surface area contributed by atoms with E-state index in [9.17, 15) is 9.59 Å². The molecule has 6 heteroatoms. The zero-order chi connectivity index (χ0) is 18.8. The third-order valence-electron chi connectivity index (χ3n) is 5.49. The second kappa shape index (κ2) is 7.47. The number of aromatic nitrogens is 2. The van der Waals surface area contributed by atoms with Crippen LogP contribution in [0.1, 0.15) is 53.1 Å². The fourth-order valence-electron chi connectivity index (χ4n) is 3.94. The predicted octanol–water partition coefficient (Wildman–Crippen LogP) is 2.40. The number of fused-ring (bicyclic) bond motifs is 1. The quantitative estimate of drug-likeness (QED) is 0.821. The summed E-state index contributed by atoms with van der Waals surface area (Å²) in [7, 11) is 0. The maximum atomic E-state index is 12.7. The third kappa shape index (κ3) is 3.70. The smallest absolute Gasteiger partial charge is 0.254 e. The van der Waals surface area contributed by atoms with Gasteiger partial charge in [0, 0.05) is 62.8 Å². The molecule has 1 atom stereocenters. The van der Waals surface area contributed by atoms with Gasteiger partial charge in [-0.05, 0) is 25.0 Å². The third-order valence-corrected chi connectivity index (χ3v) is 5.49. The molecule has 1 aromatic carbocycles. The molecule has 1 saturated heterocycles. The summed E-state index contributed by atoms with van der Waals surface area (Å²) in [5.41, 5.74) is 2.77. The van der Waals surface area contributed by atoms with E-state index in [-0.39, 0.29) is 17.7 Å². The van der Waals surface area contributed by atoms with E-state index in [4.69, 9.17) is 4.98 Å². The lowest BCUT2D eigenvalue weighted by Gasteiger charge is -2.32. The Kier molecular flexibility index (Phi) is 4.88. The molecule has 0 aliphatic carbocycles. The van der Waals surface area contributed by atoms with Crippen molar-refractivity contribution < 1.29 is 9.59 Å². The summed E-state index contributed by atoms with van der Waals surface area (Å²) < 4.78 is 0. The molecule has 1 aromatic heterocycles. The number of hydrogen-bond acceptors (Lipinski definition) is 4. The molecule has 0 N–H and O–H groups in total. The number of hydrogen-bond donors (Lipinski definition) is 0. The number of likely N-dealkylation sites (tertiary alicyclic amines) is 1. The normalized spacial score (nSPS) is 19.5. The van der Waals surface area contributed by atoms with Gasteiger partial charge < -0.3 is 9.80 Å². The predicted molar refractivity (Wildman–Crippen MR) is 101 cm³/mol. The summed E-state index contributed by atoms with van der Waals surface area (Å²) >= 11 is 0. The lowest BCUT2D eigenvalue weighted by atomic mass is 9.96. The molecule has 140 valence electrons. The average Bonchev–Trinajstić information content (AvgIpc) is 2.73. The van der Waals surface area contributed by atoms with Crippen molar-refractivity contribution in [3.8, 4) is 0 Å². The highest BCUT2D eigenvalue weighted by atomic mass is 16.2. The number of nitrogens with zero attached hydrogens (tertiary/aromatic N) is 4. The van der Waals surface area contributed by atoms with E-state index in [2.05, 4.69) is 4.98 Å². The largest absolute Gasteiger partial charge is 0.342 e. The molecule has 3 heterocycles. The van der Waals surface area contributed by atoms with Crippen LogP contribution in [0.15, 0.2) is 36.5 Å². The Bertz CT molecular complexity index is 853. The summed E-state index contributed by atoms with van der Waals surface area (Å²) in [6.07, 6.45) is 4.62. The van der Waals surface area contributed by atoms with Crippen LogP contribution in [-0.4, -0.2) is 51.2 Å². The minimum Gasteiger partial charge on any atom is -0.342 e. The van der Waals surface area contributed by atoms with Crippen molar-refractivity contribution in [3.63, 3.8) is 0 Å². The van der Waals surface area contributed by atoms with Crippen LogP contribution >= 0.6 is 0 Å². The Morgan fingerprint density at radius 2 is 1.93 bits per heavy atom. The first-order valence-electron chi connectivity index (χ1n) is 9.56. The first-order chi connectivity index (χ1) is 13.1. The van der Waals surface area contributed by atoms with Crippen molar-refractivity contribution in [1.82, 2.24) is 19.8 Å². The zero-order valence-electron chi connectivity index (χ0n) is 15.6. The molecule has 1 unspecified atom stereocenters. The van der Waals surface area contributed by atoms with Crippen LogP contribution < -0.4 is 0 Å². The SMILES string of the molecule is CC(=O)N1CCCC(c2ncc3c(n2)CCN(C(=O)c2ccccc2)C3)C1. The monoisotopic (exact) mass is 364 g/mol. The van der Waals surface area contributed by atoms with E-state index in [0.717, 1.165) is 42.9 Å². The Balaban J connectivity index is 1.48. The minimum atomic E-state index is 0.0507. The van der Waals surface area contributed by atoms with Crippen molar-refractivity contribution in [2.24, 2.45) is 0 Å². The van der Waals surface area contributed by atoms with Crippen molar-refractivity contribution >= 4 is 11.8 Å². The number of amides is 2. The van der Waals surface area contributed by atoms with Gasteiger partial charge in [0.2, 0.25) is 5.91 Å². The summed E-state index contributed by atoms with van der Waals surface area (Å²) in [5.74, 6) is 1.21. The van der Waals surface area contributed by atoms with Gasteiger partial charge in [-0.3, -0.25) is 9.59 Å². The first-order valence-corrected chi connectivity index (χ1v) is 9.56. The highest BCUT2D eigenvalue weighted by Crippen LogP contribution is 2.26. The van der Waals surface area contributed by atoms with E-state index >= 15 is 0 Å². The second-order valence-electron chi connectivity index (χ2n) is 7.35. The number of rotatable bonds is 2. The topological polar surface area (TPSA) is 66.4 Å². The molecule has 27 heavy (non-hydrogen) atoms. The molecule has 6 nitrogen and oxygen atoms in total. The molecule has 0 spiro atoms. The van der Waals surface area contributed by atoms with Gasteiger partial charge in [-0.15, -0.1) is 0 Å². The zero-order valence-corrected chi connectivity index (χ0v) is 15.6. The number of piperidine rings is 1. The van der Waals surface area contributed by atoms with Crippen molar-refractivity contribution in [1.29, 1.82) is 0 Å². The van der Waals surface area contributed by atoms with Gasteiger partial charge in [0.15, 0.2) is 0 Å².